The highest BCUT2D eigenvalue weighted by molar-refractivity contribution is 5.86. The van der Waals surface area contributed by atoms with Gasteiger partial charge in [-0.25, -0.2) is 4.79 Å². The van der Waals surface area contributed by atoms with Gasteiger partial charge in [-0.1, -0.05) is 0 Å². The normalized spacial score (nSPS) is 14.5. The van der Waals surface area contributed by atoms with Crippen molar-refractivity contribution >= 4 is 11.9 Å². The Labute approximate surface area is 117 Å². The second-order valence-electron chi connectivity index (χ2n) is 4.51. The predicted molar refractivity (Wildman–Crippen MR) is 63.3 cm³/mol. The topological polar surface area (TPSA) is 93.5 Å². The number of aliphatic carboxylic acids is 1. The van der Waals surface area contributed by atoms with Gasteiger partial charge in [-0.2, -0.15) is 18.3 Å². The van der Waals surface area contributed by atoms with Crippen molar-refractivity contribution in [2.75, 3.05) is 13.7 Å². The molecule has 10 heteroatoms. The fourth-order valence-electron chi connectivity index (χ4n) is 1.54. The molecule has 118 valence electrons. The maximum Gasteiger partial charge on any atom is 0.435 e. The number of nitrogens with zero attached hydrogens (tertiary/aromatic N) is 2. The molecule has 21 heavy (non-hydrogen) atoms. The molecule has 0 aliphatic heterocycles. The standard InChI is InChI=1S/C11H14F3N3O4/c1-10(6-21-2,9(19)20)15-8(18)5-17-4-3-7(16-17)11(12,13)14/h3-4H,5-6H2,1-2H3,(H,15,18)(H,19,20). The Morgan fingerprint density at radius 3 is 2.52 bits per heavy atom. The number of carboxylic acids is 1. The summed E-state index contributed by atoms with van der Waals surface area (Å²) < 4.78 is 42.5. The number of carbonyl (C=O) groups is 2. The van der Waals surface area contributed by atoms with Gasteiger partial charge in [-0.05, 0) is 13.0 Å². The quantitative estimate of drug-likeness (QED) is 0.798. The van der Waals surface area contributed by atoms with E-state index >= 15 is 0 Å². The maximum absolute atomic E-state index is 12.3. The van der Waals surface area contributed by atoms with Crippen LogP contribution in [0.1, 0.15) is 12.6 Å². The number of nitrogens with one attached hydrogen (secondary N) is 1. The molecular formula is C11H14F3N3O4. The Morgan fingerprint density at radius 2 is 2.10 bits per heavy atom. The van der Waals surface area contributed by atoms with E-state index in [4.69, 9.17) is 9.84 Å². The summed E-state index contributed by atoms with van der Waals surface area (Å²) in [5.74, 6) is -2.12. The molecule has 0 aliphatic carbocycles. The number of rotatable bonds is 6. The minimum absolute atomic E-state index is 0.291. The van der Waals surface area contributed by atoms with E-state index in [9.17, 15) is 22.8 Å². The summed E-state index contributed by atoms with van der Waals surface area (Å²) in [7, 11) is 1.26. The first kappa shape index (κ1) is 17.0. The lowest BCUT2D eigenvalue weighted by Crippen LogP contribution is -2.56. The molecule has 7 nitrogen and oxygen atoms in total. The molecule has 0 aromatic carbocycles. The van der Waals surface area contributed by atoms with E-state index < -0.39 is 35.8 Å². The van der Waals surface area contributed by atoms with Gasteiger partial charge in [0.2, 0.25) is 5.91 Å². The zero-order valence-corrected chi connectivity index (χ0v) is 11.3. The molecular weight excluding hydrogens is 295 g/mol. The molecule has 1 rings (SSSR count). The van der Waals surface area contributed by atoms with Crippen molar-refractivity contribution in [1.29, 1.82) is 0 Å². The van der Waals surface area contributed by atoms with Crippen LogP contribution < -0.4 is 5.32 Å². The van der Waals surface area contributed by atoms with E-state index in [-0.39, 0.29) is 6.61 Å². The zero-order chi connectivity index (χ0) is 16.3. The van der Waals surface area contributed by atoms with Crippen LogP contribution in [-0.2, 0) is 27.0 Å². The van der Waals surface area contributed by atoms with Crippen LogP contribution in [0.5, 0.6) is 0 Å². The molecule has 0 saturated heterocycles. The number of halogens is 3. The molecule has 0 spiro atoms. The third-order valence-corrected chi connectivity index (χ3v) is 2.56. The molecule has 1 heterocycles. The Kier molecular flexibility index (Phi) is 4.94. The number of aromatic nitrogens is 2. The first-order chi connectivity index (χ1) is 9.58. The summed E-state index contributed by atoms with van der Waals surface area (Å²) in [6.45, 7) is 0.393. The summed E-state index contributed by atoms with van der Waals surface area (Å²) in [6, 6.07) is 0.721. The predicted octanol–water partition coefficient (Wildman–Crippen LogP) is 0.508. The van der Waals surface area contributed by atoms with Crippen LogP contribution in [0.4, 0.5) is 13.2 Å². The maximum atomic E-state index is 12.3. The molecule has 1 unspecified atom stereocenters. The number of alkyl halides is 3. The molecule has 0 aliphatic rings. The summed E-state index contributed by atoms with van der Waals surface area (Å²) in [5.41, 5.74) is -2.81. The van der Waals surface area contributed by atoms with Gasteiger partial charge in [0.05, 0.1) is 6.61 Å². The largest absolute Gasteiger partial charge is 0.479 e. The number of hydrogen-bond donors (Lipinski definition) is 2. The Morgan fingerprint density at radius 1 is 1.48 bits per heavy atom. The van der Waals surface area contributed by atoms with Gasteiger partial charge >= 0.3 is 12.1 Å². The SMILES string of the molecule is COCC(C)(NC(=O)Cn1ccc(C(F)(F)F)n1)C(=O)O. The molecule has 0 fully saturated rings. The van der Waals surface area contributed by atoms with Crippen molar-refractivity contribution in [3.63, 3.8) is 0 Å². The summed E-state index contributed by atoms with van der Waals surface area (Å²) in [6.07, 6.45) is -3.62. The van der Waals surface area contributed by atoms with Gasteiger partial charge < -0.3 is 15.2 Å². The van der Waals surface area contributed by atoms with Gasteiger partial charge in [0.25, 0.3) is 0 Å². The van der Waals surface area contributed by atoms with Crippen LogP contribution in [0, 0.1) is 0 Å². The Balaban J connectivity index is 2.73. The van der Waals surface area contributed by atoms with Crippen molar-refractivity contribution in [1.82, 2.24) is 15.1 Å². The van der Waals surface area contributed by atoms with E-state index in [1.165, 1.54) is 14.0 Å². The molecule has 1 amide bonds. The second kappa shape index (κ2) is 6.12. The fraction of sp³-hybridized carbons (Fsp3) is 0.545. The average Bonchev–Trinajstić information content (AvgIpc) is 2.76. The lowest BCUT2D eigenvalue weighted by Gasteiger charge is -2.25. The van der Waals surface area contributed by atoms with Crippen LogP contribution in [-0.4, -0.2) is 46.0 Å². The summed E-state index contributed by atoms with van der Waals surface area (Å²) in [5, 5.41) is 14.4. The van der Waals surface area contributed by atoms with Crippen LogP contribution in [0.2, 0.25) is 0 Å². The van der Waals surface area contributed by atoms with Crippen molar-refractivity contribution in [2.24, 2.45) is 0 Å². The van der Waals surface area contributed by atoms with Gasteiger partial charge in [0.1, 0.15) is 6.54 Å². The minimum Gasteiger partial charge on any atom is -0.479 e. The number of hydrogen-bond acceptors (Lipinski definition) is 4. The third-order valence-electron chi connectivity index (χ3n) is 2.56. The van der Waals surface area contributed by atoms with Gasteiger partial charge in [-0.15, -0.1) is 0 Å². The summed E-state index contributed by atoms with van der Waals surface area (Å²) in [4.78, 5) is 22.8. The molecule has 0 bridgehead atoms. The first-order valence-corrected chi connectivity index (χ1v) is 5.72. The summed E-state index contributed by atoms with van der Waals surface area (Å²) >= 11 is 0. The highest BCUT2D eigenvalue weighted by atomic mass is 19.4. The van der Waals surface area contributed by atoms with E-state index in [2.05, 4.69) is 10.4 Å². The van der Waals surface area contributed by atoms with E-state index in [1.54, 1.807) is 0 Å². The number of methoxy groups -OCH3 is 1. The average molecular weight is 309 g/mol. The van der Waals surface area contributed by atoms with Gasteiger partial charge in [0, 0.05) is 13.3 Å². The van der Waals surface area contributed by atoms with E-state index in [1.807, 2.05) is 0 Å². The zero-order valence-electron chi connectivity index (χ0n) is 11.3. The van der Waals surface area contributed by atoms with Crippen molar-refractivity contribution in [2.45, 2.75) is 25.2 Å². The Bertz CT molecular complexity index is 529. The molecule has 2 N–H and O–H groups in total. The van der Waals surface area contributed by atoms with Gasteiger partial charge in [-0.3, -0.25) is 9.48 Å². The monoisotopic (exact) mass is 309 g/mol. The van der Waals surface area contributed by atoms with Gasteiger partial charge in [0.15, 0.2) is 11.2 Å². The molecule has 0 radical (unpaired) electrons. The number of carboxylic acid groups (broad SMARTS) is 1. The lowest BCUT2D eigenvalue weighted by atomic mass is 10.0. The third kappa shape index (κ3) is 4.45. The second-order valence-corrected chi connectivity index (χ2v) is 4.51. The first-order valence-electron chi connectivity index (χ1n) is 5.72. The number of ether oxygens (including phenoxy) is 1. The lowest BCUT2D eigenvalue weighted by molar-refractivity contribution is -0.149. The van der Waals surface area contributed by atoms with Crippen LogP contribution in [0.3, 0.4) is 0 Å². The van der Waals surface area contributed by atoms with Crippen molar-refractivity contribution in [3.05, 3.63) is 18.0 Å². The van der Waals surface area contributed by atoms with Crippen LogP contribution in [0.25, 0.3) is 0 Å². The highest BCUT2D eigenvalue weighted by Crippen LogP contribution is 2.27. The molecule has 0 saturated carbocycles. The minimum atomic E-state index is -4.60. The number of carbonyl (C=O) groups excluding carboxylic acids is 1. The fourth-order valence-corrected chi connectivity index (χ4v) is 1.54. The molecule has 1 aromatic rings. The smallest absolute Gasteiger partial charge is 0.435 e. The van der Waals surface area contributed by atoms with Crippen LogP contribution >= 0.6 is 0 Å². The van der Waals surface area contributed by atoms with E-state index in [0.29, 0.717) is 0 Å². The molecule has 1 atom stereocenters. The molecule has 1 aromatic heterocycles. The van der Waals surface area contributed by atoms with Crippen molar-refractivity contribution in [3.8, 4) is 0 Å². The van der Waals surface area contributed by atoms with Crippen molar-refractivity contribution < 1.29 is 32.6 Å². The van der Waals surface area contributed by atoms with E-state index in [0.717, 1.165) is 16.9 Å². The number of amides is 1. The highest BCUT2D eigenvalue weighted by Gasteiger charge is 2.36. The Hall–Kier alpha value is -2.10. The van der Waals surface area contributed by atoms with Crippen LogP contribution in [0.15, 0.2) is 12.3 Å².